The molecule has 0 N–H and O–H groups in total. The van der Waals surface area contributed by atoms with E-state index in [4.69, 9.17) is 0 Å². The zero-order chi connectivity index (χ0) is 21.8. The molecule has 4 rings (SSSR count). The van der Waals surface area contributed by atoms with E-state index in [1.165, 1.54) is 0 Å². The maximum Gasteiger partial charge on any atom is 0.318 e. The number of hydrogen-bond acceptors (Lipinski definition) is 2. The molecule has 0 fully saturated rings. The Morgan fingerprint density at radius 2 is 0.750 bits per heavy atom. The summed E-state index contributed by atoms with van der Waals surface area (Å²) in [7, 11) is 0. The van der Waals surface area contributed by atoms with E-state index >= 15 is 0 Å². The Balaban J connectivity index is 1.67. The Morgan fingerprint density at radius 1 is 0.438 bits per heavy atom. The van der Waals surface area contributed by atoms with Crippen LogP contribution in [0.5, 0.6) is 0 Å². The van der Waals surface area contributed by atoms with Gasteiger partial charge in [0, 0.05) is 9.98 Å². The molecule has 154 valence electrons. The van der Waals surface area contributed by atoms with Crippen molar-refractivity contribution in [3.63, 3.8) is 0 Å². The number of benzene rings is 4. The van der Waals surface area contributed by atoms with Crippen molar-refractivity contribution < 1.29 is 9.15 Å². The van der Waals surface area contributed by atoms with Crippen LogP contribution < -0.4 is 0 Å². The van der Waals surface area contributed by atoms with Crippen LogP contribution in [0.3, 0.4) is 0 Å². The SMILES string of the molecule is C(=Nc1ccccc1)=[N+](CC[N+](=C=Nc1ccccc1)c1ccccc1)c1ccccc1. The largest absolute Gasteiger partial charge is 0.318 e. The molecule has 0 aliphatic heterocycles. The molecule has 0 atom stereocenters. The van der Waals surface area contributed by atoms with Crippen LogP contribution >= 0.6 is 0 Å². The molecular weight excluding hydrogens is 392 g/mol. The van der Waals surface area contributed by atoms with Crippen LogP contribution in [0.4, 0.5) is 22.7 Å². The first-order chi connectivity index (χ1) is 15.9. The predicted octanol–water partition coefficient (Wildman–Crippen LogP) is 6.69. The van der Waals surface area contributed by atoms with Crippen LogP contribution in [0.1, 0.15) is 0 Å². The van der Waals surface area contributed by atoms with E-state index in [1.54, 1.807) is 0 Å². The van der Waals surface area contributed by atoms with Gasteiger partial charge in [-0.2, -0.15) is 9.15 Å². The third kappa shape index (κ3) is 6.07. The van der Waals surface area contributed by atoms with E-state index in [9.17, 15) is 0 Å². The molecule has 4 aromatic carbocycles. The van der Waals surface area contributed by atoms with Gasteiger partial charge in [-0.05, 0) is 48.5 Å². The standard InChI is InChI=1S/C28H24N4/c1-5-13-25(14-6-1)29-23-31(27-17-9-3-10-18-27)21-22-32(28-19-11-4-12-20-28)24-30-26-15-7-2-8-16-26/h1-20H,21-22H2/q+2. The average Bonchev–Trinajstić information content (AvgIpc) is 2.88. The highest BCUT2D eigenvalue weighted by Gasteiger charge is 2.11. The van der Waals surface area contributed by atoms with Crippen LogP contribution in [-0.2, 0) is 0 Å². The zero-order valence-electron chi connectivity index (χ0n) is 17.8. The summed E-state index contributed by atoms with van der Waals surface area (Å²) < 4.78 is 4.04. The summed E-state index contributed by atoms with van der Waals surface area (Å²) in [6.45, 7) is 1.32. The van der Waals surface area contributed by atoms with Crippen LogP contribution in [0.25, 0.3) is 0 Å². The fourth-order valence-electron chi connectivity index (χ4n) is 3.13. The van der Waals surface area contributed by atoms with Gasteiger partial charge in [-0.15, -0.1) is 0 Å². The Morgan fingerprint density at radius 3 is 1.09 bits per heavy atom. The summed E-state index contributed by atoms with van der Waals surface area (Å²) in [5, 5.41) is 0. The Kier molecular flexibility index (Phi) is 7.28. The second kappa shape index (κ2) is 11.1. The summed E-state index contributed by atoms with van der Waals surface area (Å²) >= 11 is 0. The first-order valence-corrected chi connectivity index (χ1v) is 10.6. The van der Waals surface area contributed by atoms with Gasteiger partial charge in [0.1, 0.15) is 24.5 Å². The highest BCUT2D eigenvalue weighted by molar-refractivity contribution is 5.51. The average molecular weight is 417 g/mol. The second-order valence-electron chi connectivity index (χ2n) is 7.07. The molecule has 32 heavy (non-hydrogen) atoms. The molecule has 0 saturated heterocycles. The van der Waals surface area contributed by atoms with Gasteiger partial charge in [0.25, 0.3) is 0 Å². The normalized spacial score (nSPS) is 9.88. The van der Waals surface area contributed by atoms with Crippen molar-refractivity contribution in [1.29, 1.82) is 0 Å². The van der Waals surface area contributed by atoms with Crippen LogP contribution in [-0.4, -0.2) is 34.3 Å². The van der Waals surface area contributed by atoms with Crippen LogP contribution in [0.2, 0.25) is 0 Å². The molecule has 0 amide bonds. The molecule has 4 aromatic rings. The molecule has 4 nitrogen and oxygen atoms in total. The number of aliphatic imine (C=N–C) groups is 2. The highest BCUT2D eigenvalue weighted by Crippen LogP contribution is 2.14. The summed E-state index contributed by atoms with van der Waals surface area (Å²) in [6, 6.07) is 46.4. The van der Waals surface area contributed by atoms with E-state index < -0.39 is 0 Å². The third-order valence-electron chi connectivity index (χ3n) is 4.79. The third-order valence-corrected chi connectivity index (χ3v) is 4.79. The first kappa shape index (κ1) is 20.9. The lowest BCUT2D eigenvalue weighted by molar-refractivity contribution is -0.512. The maximum absolute atomic E-state index is 4.54. The second-order valence-corrected chi connectivity index (χ2v) is 7.07. The maximum atomic E-state index is 4.54. The summed E-state index contributed by atoms with van der Waals surface area (Å²) in [5.41, 5.74) is 3.79. The van der Waals surface area contributed by atoms with Gasteiger partial charge in [0.05, 0.1) is 0 Å². The molecule has 0 unspecified atom stereocenters. The zero-order valence-corrected chi connectivity index (χ0v) is 17.8. The Hall–Kier alpha value is -4.36. The van der Waals surface area contributed by atoms with Crippen LogP contribution in [0, 0.1) is 0 Å². The number of nitrogens with zero attached hydrogens (tertiary/aromatic N) is 4. The lowest BCUT2D eigenvalue weighted by Gasteiger charge is -2.04. The molecule has 0 bridgehead atoms. The van der Waals surface area contributed by atoms with Crippen molar-refractivity contribution in [2.24, 2.45) is 9.98 Å². The molecule has 0 aliphatic carbocycles. The number of para-hydroxylation sites is 4. The van der Waals surface area contributed by atoms with E-state index in [0.29, 0.717) is 13.1 Å². The fraction of sp³-hybridized carbons (Fsp3) is 0.0714. The minimum absolute atomic E-state index is 0.659. The van der Waals surface area contributed by atoms with Crippen molar-refractivity contribution in [3.05, 3.63) is 121 Å². The van der Waals surface area contributed by atoms with Gasteiger partial charge in [0.2, 0.25) is 0 Å². The van der Waals surface area contributed by atoms with E-state index in [1.807, 2.05) is 106 Å². The molecule has 0 heterocycles. The molecule has 0 spiro atoms. The molecule has 0 saturated carbocycles. The van der Waals surface area contributed by atoms with Crippen molar-refractivity contribution >= 4 is 34.8 Å². The summed E-state index contributed by atoms with van der Waals surface area (Å²) in [5.74, 6) is 0. The monoisotopic (exact) mass is 416 g/mol. The number of rotatable bonds is 7. The fourth-order valence-corrected chi connectivity index (χ4v) is 3.13. The Bertz CT molecular complexity index is 1150. The predicted molar refractivity (Wildman–Crippen MR) is 130 cm³/mol. The quantitative estimate of drug-likeness (QED) is 0.237. The topological polar surface area (TPSA) is 30.7 Å². The van der Waals surface area contributed by atoms with E-state index in [-0.39, 0.29) is 0 Å². The minimum Gasteiger partial charge on any atom is -0.181 e. The molecule has 0 radical (unpaired) electrons. The Labute approximate surface area is 188 Å². The molecule has 4 heteroatoms. The summed E-state index contributed by atoms with van der Waals surface area (Å²) in [6.07, 6.45) is 0. The van der Waals surface area contributed by atoms with Gasteiger partial charge < -0.3 is 0 Å². The lowest BCUT2D eigenvalue weighted by atomic mass is 10.3. The smallest absolute Gasteiger partial charge is 0.181 e. The molecule has 0 aromatic heterocycles. The highest BCUT2D eigenvalue weighted by atomic mass is 15.1. The van der Waals surface area contributed by atoms with Crippen molar-refractivity contribution in [2.75, 3.05) is 13.1 Å². The van der Waals surface area contributed by atoms with Gasteiger partial charge in [0.15, 0.2) is 11.4 Å². The van der Waals surface area contributed by atoms with Crippen molar-refractivity contribution in [2.45, 2.75) is 0 Å². The minimum atomic E-state index is 0.659. The van der Waals surface area contributed by atoms with Gasteiger partial charge in [-0.3, -0.25) is 0 Å². The van der Waals surface area contributed by atoms with Crippen molar-refractivity contribution in [3.8, 4) is 0 Å². The van der Waals surface area contributed by atoms with Crippen molar-refractivity contribution in [1.82, 2.24) is 0 Å². The summed E-state index contributed by atoms with van der Waals surface area (Å²) in [4.78, 5) is 9.08. The lowest BCUT2D eigenvalue weighted by Crippen LogP contribution is -2.18. The van der Waals surface area contributed by atoms with E-state index in [2.05, 4.69) is 46.3 Å². The van der Waals surface area contributed by atoms with Gasteiger partial charge in [-0.1, -0.05) is 72.8 Å². The van der Waals surface area contributed by atoms with Gasteiger partial charge >= 0.3 is 12.0 Å². The van der Waals surface area contributed by atoms with Gasteiger partial charge in [-0.25, -0.2) is 0 Å². The molecular formula is C28H24N4+2. The van der Waals surface area contributed by atoms with Crippen LogP contribution in [0.15, 0.2) is 131 Å². The molecule has 0 aliphatic rings. The number of hydrogen-bond donors (Lipinski definition) is 0. The first-order valence-electron chi connectivity index (χ1n) is 10.6. The van der Waals surface area contributed by atoms with E-state index in [0.717, 1.165) is 22.7 Å².